The second-order valence-electron chi connectivity index (χ2n) is 4.65. The SMILES string of the molecule is CC1C=CC(S)=CN1.FSC1=CNC2C=C(F)C=CC=C12. The highest BCUT2D eigenvalue weighted by atomic mass is 32.2. The molecule has 0 saturated carbocycles. The van der Waals surface area contributed by atoms with Gasteiger partial charge in [0.2, 0.25) is 0 Å². The minimum atomic E-state index is -0.303. The number of hydrogen-bond donors (Lipinski definition) is 3. The number of dihydropyridines is 1. The van der Waals surface area contributed by atoms with Crippen LogP contribution in [0.25, 0.3) is 0 Å². The van der Waals surface area contributed by atoms with Crippen LogP contribution in [0.5, 0.6) is 0 Å². The van der Waals surface area contributed by atoms with Crippen LogP contribution in [0.4, 0.5) is 8.28 Å². The molecule has 0 aromatic carbocycles. The lowest BCUT2D eigenvalue weighted by atomic mass is 10.1. The highest BCUT2D eigenvalue weighted by molar-refractivity contribution is 7.98. The van der Waals surface area contributed by atoms with Gasteiger partial charge in [0.25, 0.3) is 0 Å². The molecule has 1 aliphatic carbocycles. The van der Waals surface area contributed by atoms with Crippen molar-refractivity contribution in [2.45, 2.75) is 19.0 Å². The first-order chi connectivity index (χ1) is 10.1. The highest BCUT2D eigenvalue weighted by Crippen LogP contribution is 2.33. The van der Waals surface area contributed by atoms with Crippen LogP contribution in [-0.4, -0.2) is 12.1 Å². The third-order valence-corrected chi connectivity index (χ3v) is 3.80. The van der Waals surface area contributed by atoms with E-state index < -0.39 is 0 Å². The molecule has 3 rings (SSSR count). The topological polar surface area (TPSA) is 24.1 Å². The fourth-order valence-electron chi connectivity index (χ4n) is 1.90. The summed E-state index contributed by atoms with van der Waals surface area (Å²) in [6, 6.07) is 0.235. The van der Waals surface area contributed by atoms with E-state index in [4.69, 9.17) is 0 Å². The third kappa shape index (κ3) is 4.54. The van der Waals surface area contributed by atoms with Crippen LogP contribution in [0.2, 0.25) is 0 Å². The molecule has 112 valence electrons. The van der Waals surface area contributed by atoms with Gasteiger partial charge < -0.3 is 10.6 Å². The van der Waals surface area contributed by atoms with Crippen molar-refractivity contribution in [3.05, 3.63) is 70.1 Å². The zero-order valence-electron chi connectivity index (χ0n) is 11.4. The molecule has 0 aromatic heterocycles. The van der Waals surface area contributed by atoms with Crippen LogP contribution in [0.15, 0.2) is 70.1 Å². The Morgan fingerprint density at radius 1 is 1.24 bits per heavy atom. The summed E-state index contributed by atoms with van der Waals surface area (Å²) in [5, 5.41) is 5.99. The minimum absolute atomic E-state index is 0.173. The summed E-state index contributed by atoms with van der Waals surface area (Å²) < 4.78 is 25.2. The molecule has 2 aliphatic heterocycles. The molecule has 0 saturated heterocycles. The van der Waals surface area contributed by atoms with Gasteiger partial charge in [0.1, 0.15) is 5.83 Å². The predicted octanol–water partition coefficient (Wildman–Crippen LogP) is 4.07. The number of thiol groups is 1. The minimum Gasteiger partial charge on any atom is -0.384 e. The van der Waals surface area contributed by atoms with Gasteiger partial charge >= 0.3 is 0 Å². The summed E-state index contributed by atoms with van der Waals surface area (Å²) in [7, 11) is 0. The van der Waals surface area contributed by atoms with Crippen molar-refractivity contribution in [1.82, 2.24) is 10.6 Å². The molecule has 2 N–H and O–H groups in total. The second-order valence-corrected chi connectivity index (χ2v) is 5.76. The van der Waals surface area contributed by atoms with Crippen LogP contribution in [0.3, 0.4) is 0 Å². The molecule has 2 atom stereocenters. The van der Waals surface area contributed by atoms with Gasteiger partial charge in [0.05, 0.1) is 23.1 Å². The van der Waals surface area contributed by atoms with Crippen molar-refractivity contribution < 1.29 is 8.28 Å². The van der Waals surface area contributed by atoms with E-state index in [1.807, 2.05) is 12.3 Å². The van der Waals surface area contributed by atoms with Gasteiger partial charge in [-0.1, -0.05) is 18.2 Å². The van der Waals surface area contributed by atoms with Gasteiger partial charge in [-0.15, -0.1) is 12.6 Å². The predicted molar refractivity (Wildman–Crippen MR) is 88.9 cm³/mol. The molecule has 6 heteroatoms. The van der Waals surface area contributed by atoms with E-state index in [0.717, 1.165) is 10.5 Å². The Hall–Kier alpha value is -1.40. The number of rotatable bonds is 1. The van der Waals surface area contributed by atoms with Crippen LogP contribution in [0, 0.1) is 0 Å². The number of hydrogen-bond acceptors (Lipinski definition) is 4. The summed E-state index contributed by atoms with van der Waals surface area (Å²) in [5.41, 5.74) is 0.774. The third-order valence-electron chi connectivity index (χ3n) is 3.00. The number of fused-ring (bicyclic) bond motifs is 1. The highest BCUT2D eigenvalue weighted by Gasteiger charge is 2.22. The normalized spacial score (nSPS) is 25.9. The fourth-order valence-corrected chi connectivity index (χ4v) is 2.46. The molecule has 21 heavy (non-hydrogen) atoms. The summed E-state index contributed by atoms with van der Waals surface area (Å²) >= 11 is 4.29. The van der Waals surface area contributed by atoms with E-state index >= 15 is 0 Å². The van der Waals surface area contributed by atoms with Crippen molar-refractivity contribution in [2.24, 2.45) is 0 Å². The lowest BCUT2D eigenvalue weighted by Gasteiger charge is -2.10. The van der Waals surface area contributed by atoms with Gasteiger partial charge in [0.15, 0.2) is 0 Å². The molecule has 0 radical (unpaired) electrons. The quantitative estimate of drug-likeness (QED) is 0.633. The van der Waals surface area contributed by atoms with E-state index in [9.17, 15) is 8.28 Å². The van der Waals surface area contributed by atoms with Gasteiger partial charge in [-0.3, -0.25) is 0 Å². The molecule has 0 spiro atoms. The van der Waals surface area contributed by atoms with E-state index in [1.54, 1.807) is 18.4 Å². The van der Waals surface area contributed by atoms with Crippen molar-refractivity contribution in [3.8, 4) is 0 Å². The zero-order valence-corrected chi connectivity index (χ0v) is 13.1. The fraction of sp³-hybridized carbons (Fsp3) is 0.200. The van der Waals surface area contributed by atoms with Crippen molar-refractivity contribution in [2.75, 3.05) is 0 Å². The maximum atomic E-state index is 12.9. The molecule has 3 aliphatic rings. The second kappa shape index (κ2) is 7.56. The maximum Gasteiger partial charge on any atom is 0.121 e. The number of halogens is 2. The van der Waals surface area contributed by atoms with Crippen LogP contribution in [0.1, 0.15) is 6.92 Å². The summed E-state index contributed by atoms with van der Waals surface area (Å²) in [6.07, 6.45) is 13.6. The molecule has 2 nitrogen and oxygen atoms in total. The van der Waals surface area contributed by atoms with E-state index in [2.05, 4.69) is 36.3 Å². The van der Waals surface area contributed by atoms with Crippen LogP contribution < -0.4 is 10.6 Å². The molecular formula is C15H16F2N2S2. The smallest absolute Gasteiger partial charge is 0.121 e. The molecule has 0 aromatic rings. The average Bonchev–Trinajstić information content (AvgIpc) is 2.75. The van der Waals surface area contributed by atoms with E-state index in [-0.39, 0.29) is 24.0 Å². The summed E-state index contributed by atoms with van der Waals surface area (Å²) in [6.45, 7) is 2.09. The van der Waals surface area contributed by atoms with Crippen molar-refractivity contribution in [1.29, 1.82) is 0 Å². The molecule has 0 amide bonds. The van der Waals surface area contributed by atoms with Crippen LogP contribution >= 0.6 is 24.8 Å². The number of nitrogens with one attached hydrogen (secondary N) is 2. The maximum absolute atomic E-state index is 12.9. The van der Waals surface area contributed by atoms with Gasteiger partial charge in [-0.2, -0.15) is 3.89 Å². The van der Waals surface area contributed by atoms with Gasteiger partial charge in [0, 0.05) is 23.3 Å². The summed E-state index contributed by atoms with van der Waals surface area (Å²) in [4.78, 5) is 1.50. The molecule has 2 unspecified atom stereocenters. The largest absolute Gasteiger partial charge is 0.384 e. The standard InChI is InChI=1S/C9H7F2NS.C6H9NS/c10-6-2-1-3-7-8(4-6)12-5-9(7)13-11;1-5-2-3-6(8)4-7-5/h1-5,8,12H;2-5,7-8H,1H3. The first-order valence-corrected chi connectivity index (χ1v) is 7.60. The van der Waals surface area contributed by atoms with Gasteiger partial charge in [-0.25, -0.2) is 4.39 Å². The molecule has 0 bridgehead atoms. The Balaban J connectivity index is 0.000000173. The van der Waals surface area contributed by atoms with Crippen LogP contribution in [-0.2, 0) is 0 Å². The van der Waals surface area contributed by atoms with Crippen molar-refractivity contribution in [3.63, 3.8) is 0 Å². The first-order valence-electron chi connectivity index (χ1n) is 6.44. The Morgan fingerprint density at radius 3 is 2.67 bits per heavy atom. The molecule has 0 fully saturated rings. The molecular weight excluding hydrogens is 310 g/mol. The Kier molecular flexibility index (Phi) is 5.76. The summed E-state index contributed by atoms with van der Waals surface area (Å²) in [5.74, 6) is -0.303. The Labute approximate surface area is 133 Å². The molecule has 2 heterocycles. The Morgan fingerprint density at radius 2 is 2.05 bits per heavy atom. The van der Waals surface area contributed by atoms with Crippen molar-refractivity contribution >= 4 is 24.8 Å². The Bertz CT molecular complexity index is 574. The monoisotopic (exact) mass is 326 g/mol. The zero-order chi connectivity index (χ0) is 15.2. The van der Waals surface area contributed by atoms with E-state index in [0.29, 0.717) is 10.9 Å². The van der Waals surface area contributed by atoms with E-state index in [1.165, 1.54) is 12.2 Å². The van der Waals surface area contributed by atoms with Gasteiger partial charge in [-0.05, 0) is 30.7 Å². The lowest BCUT2D eigenvalue weighted by molar-refractivity contribution is 0.653. The average molecular weight is 326 g/mol. The number of allylic oxidation sites excluding steroid dienone is 5. The lowest BCUT2D eigenvalue weighted by Crippen LogP contribution is -2.19. The first kappa shape index (κ1) is 16.0.